The first kappa shape index (κ1) is 65.9. The number of carbonyl (C=O) groups is 2. The minimum absolute atomic E-state index is 0.0497. The summed E-state index contributed by atoms with van der Waals surface area (Å²) in [5, 5.41) is 0. The smallest absolute Gasteiger partial charge is 0.462 e. The highest BCUT2D eigenvalue weighted by Gasteiger charge is 2.26. The molecular weight excluding hydrogens is 882 g/mol. The first-order valence-corrected chi connectivity index (χ1v) is 29.2. The van der Waals surface area contributed by atoms with Crippen LogP contribution in [0, 0.1) is 0 Å². The van der Waals surface area contributed by atoms with Crippen molar-refractivity contribution in [3.05, 3.63) is 97.2 Å². The Morgan fingerprint density at radius 3 is 1.20 bits per heavy atom. The number of hydrogen-bond donors (Lipinski definition) is 2. The van der Waals surface area contributed by atoms with Crippen LogP contribution >= 0.6 is 7.82 Å². The minimum atomic E-state index is -4.39. The zero-order valence-electron chi connectivity index (χ0n) is 44.0. The van der Waals surface area contributed by atoms with Crippen LogP contribution in [-0.2, 0) is 32.7 Å². The number of rotatable bonds is 51. The van der Waals surface area contributed by atoms with Gasteiger partial charge in [0.05, 0.1) is 13.2 Å². The molecule has 0 fully saturated rings. The average Bonchev–Trinajstić information content (AvgIpc) is 3.34. The molecule has 0 saturated heterocycles. The van der Waals surface area contributed by atoms with Crippen molar-refractivity contribution in [3.63, 3.8) is 0 Å². The van der Waals surface area contributed by atoms with Crippen LogP contribution in [0.3, 0.4) is 0 Å². The van der Waals surface area contributed by atoms with E-state index in [1.807, 2.05) is 0 Å². The highest BCUT2D eigenvalue weighted by Crippen LogP contribution is 2.43. The fourth-order valence-electron chi connectivity index (χ4n) is 7.36. The van der Waals surface area contributed by atoms with Gasteiger partial charge >= 0.3 is 19.8 Å². The lowest BCUT2D eigenvalue weighted by molar-refractivity contribution is -0.161. The normalized spacial score (nSPS) is 13.9. The lowest BCUT2D eigenvalue weighted by Gasteiger charge is -2.19. The first-order chi connectivity index (χ1) is 33.8. The summed E-state index contributed by atoms with van der Waals surface area (Å²) in [5.41, 5.74) is 5.36. The van der Waals surface area contributed by atoms with E-state index >= 15 is 0 Å². The number of phosphoric ester groups is 1. The molecule has 9 nitrogen and oxygen atoms in total. The van der Waals surface area contributed by atoms with Crippen LogP contribution in [0.1, 0.15) is 232 Å². The molecule has 10 heteroatoms. The van der Waals surface area contributed by atoms with Gasteiger partial charge in [-0.3, -0.25) is 18.6 Å². The third-order valence-electron chi connectivity index (χ3n) is 11.5. The summed E-state index contributed by atoms with van der Waals surface area (Å²) in [6.45, 7) is 3.57. The second kappa shape index (κ2) is 54.3. The van der Waals surface area contributed by atoms with Gasteiger partial charge in [-0.25, -0.2) is 4.57 Å². The molecular formula is C59H102NO8P. The van der Waals surface area contributed by atoms with Crippen molar-refractivity contribution in [2.45, 2.75) is 238 Å². The Balaban J connectivity index is 3.87. The predicted molar refractivity (Wildman–Crippen MR) is 293 cm³/mol. The van der Waals surface area contributed by atoms with Crippen molar-refractivity contribution in [2.75, 3.05) is 26.4 Å². The van der Waals surface area contributed by atoms with Crippen molar-refractivity contribution < 1.29 is 37.6 Å². The summed E-state index contributed by atoms with van der Waals surface area (Å²) in [6.07, 6.45) is 71.9. The molecule has 0 rings (SSSR count). The molecule has 69 heavy (non-hydrogen) atoms. The van der Waals surface area contributed by atoms with Gasteiger partial charge in [-0.05, 0) is 89.9 Å². The predicted octanol–water partition coefficient (Wildman–Crippen LogP) is 17.3. The van der Waals surface area contributed by atoms with Gasteiger partial charge in [0.2, 0.25) is 0 Å². The van der Waals surface area contributed by atoms with Gasteiger partial charge in [0.1, 0.15) is 6.61 Å². The number of unbranched alkanes of at least 4 members (excludes halogenated alkanes) is 22. The highest BCUT2D eigenvalue weighted by molar-refractivity contribution is 7.47. The molecule has 0 spiro atoms. The number of nitrogens with two attached hydrogens (primary N) is 1. The highest BCUT2D eigenvalue weighted by atomic mass is 31.2. The maximum Gasteiger partial charge on any atom is 0.472 e. The molecule has 0 aromatic carbocycles. The molecule has 0 aliphatic carbocycles. The van der Waals surface area contributed by atoms with Crippen LogP contribution in [0.4, 0.5) is 0 Å². The van der Waals surface area contributed by atoms with Crippen molar-refractivity contribution in [1.82, 2.24) is 0 Å². The van der Waals surface area contributed by atoms with E-state index < -0.39 is 32.5 Å². The summed E-state index contributed by atoms with van der Waals surface area (Å²) in [4.78, 5) is 35.0. The molecule has 0 aliphatic heterocycles. The molecule has 0 heterocycles. The summed E-state index contributed by atoms with van der Waals surface area (Å²) >= 11 is 0. The fraction of sp³-hybridized carbons (Fsp3) is 0.695. The van der Waals surface area contributed by atoms with Gasteiger partial charge in [-0.2, -0.15) is 0 Å². The Morgan fingerprint density at radius 1 is 0.449 bits per heavy atom. The van der Waals surface area contributed by atoms with Crippen molar-refractivity contribution in [1.29, 1.82) is 0 Å². The summed E-state index contributed by atoms with van der Waals surface area (Å²) in [6, 6.07) is 0. The monoisotopic (exact) mass is 984 g/mol. The van der Waals surface area contributed by atoms with E-state index in [2.05, 4.69) is 111 Å². The number of ether oxygens (including phenoxy) is 2. The van der Waals surface area contributed by atoms with E-state index in [1.54, 1.807) is 0 Å². The van der Waals surface area contributed by atoms with E-state index in [4.69, 9.17) is 24.3 Å². The molecule has 0 saturated carbocycles. The summed E-state index contributed by atoms with van der Waals surface area (Å²) < 4.78 is 32.9. The van der Waals surface area contributed by atoms with Crippen molar-refractivity contribution in [2.24, 2.45) is 5.73 Å². The SMILES string of the molecule is CC/C=C\C/C=C\C/C=C\C/C=C\C/C=C\C/C=C\C/C=C\CCCCCCCCCCCCCCCCCC(=O)OC(COC(=O)CCCCCCC/C=C\CCCC)COP(=O)(O)OCCN. The number of carbonyl (C=O) groups excluding carboxylic acids is 2. The van der Waals surface area contributed by atoms with E-state index in [-0.39, 0.29) is 32.6 Å². The Kier molecular flexibility index (Phi) is 51.9. The molecule has 3 N–H and O–H groups in total. The maximum atomic E-state index is 12.7. The van der Waals surface area contributed by atoms with E-state index in [1.165, 1.54) is 89.9 Å². The molecule has 0 aromatic rings. The lowest BCUT2D eigenvalue weighted by Crippen LogP contribution is -2.29. The molecule has 2 atom stereocenters. The second-order valence-electron chi connectivity index (χ2n) is 18.1. The van der Waals surface area contributed by atoms with Crippen molar-refractivity contribution in [3.8, 4) is 0 Å². The molecule has 0 amide bonds. The molecule has 2 unspecified atom stereocenters. The second-order valence-corrected chi connectivity index (χ2v) is 19.5. The lowest BCUT2D eigenvalue weighted by atomic mass is 10.0. The van der Waals surface area contributed by atoms with Gasteiger partial charge < -0.3 is 20.1 Å². The fourth-order valence-corrected chi connectivity index (χ4v) is 8.13. The molecule has 0 radical (unpaired) electrons. The Bertz CT molecular complexity index is 1450. The van der Waals surface area contributed by atoms with Crippen LogP contribution in [0.25, 0.3) is 0 Å². The zero-order chi connectivity index (χ0) is 50.2. The number of esters is 2. The van der Waals surface area contributed by atoms with Crippen LogP contribution < -0.4 is 5.73 Å². The van der Waals surface area contributed by atoms with Gasteiger partial charge in [0, 0.05) is 19.4 Å². The first-order valence-electron chi connectivity index (χ1n) is 27.7. The minimum Gasteiger partial charge on any atom is -0.462 e. The number of phosphoric acid groups is 1. The van der Waals surface area contributed by atoms with Gasteiger partial charge in [-0.15, -0.1) is 0 Å². The number of allylic oxidation sites excluding steroid dienone is 16. The Hall–Kier alpha value is -3.07. The maximum absolute atomic E-state index is 12.7. The van der Waals surface area contributed by atoms with Crippen LogP contribution in [0.5, 0.6) is 0 Å². The van der Waals surface area contributed by atoms with Gasteiger partial charge in [-0.1, -0.05) is 227 Å². The summed E-state index contributed by atoms with van der Waals surface area (Å²) in [7, 11) is -4.39. The average molecular weight is 984 g/mol. The largest absolute Gasteiger partial charge is 0.472 e. The quantitative estimate of drug-likeness (QED) is 0.0264. The van der Waals surface area contributed by atoms with Crippen LogP contribution in [0.2, 0.25) is 0 Å². The number of hydrogen-bond acceptors (Lipinski definition) is 8. The third kappa shape index (κ3) is 54.1. The van der Waals surface area contributed by atoms with Crippen molar-refractivity contribution >= 4 is 19.8 Å². The molecule has 396 valence electrons. The van der Waals surface area contributed by atoms with Crippen LogP contribution in [0.15, 0.2) is 97.2 Å². The van der Waals surface area contributed by atoms with E-state index in [0.717, 1.165) is 109 Å². The summed E-state index contributed by atoms with van der Waals surface area (Å²) in [5.74, 6) is -0.841. The van der Waals surface area contributed by atoms with Gasteiger partial charge in [0.15, 0.2) is 6.10 Å². The standard InChI is InChI=1S/C59H102NO8P/c1-3-5-7-9-11-13-15-16-17-18-19-20-21-22-23-24-25-26-27-28-29-30-31-32-33-34-35-36-37-38-39-40-42-44-46-48-50-52-59(62)68-57(56-67-69(63,64)66-54-53-60)55-65-58(61)51-49-47-45-43-41-14-12-10-8-6-4-2/h5,7,10-13,16-17,19-20,22-23,25-26,28-29,57H,3-4,6,8-9,14-15,18,21,24,27,30-56,60H2,1-2H3,(H,63,64)/b7-5-,12-10-,13-11-,17-16-,20-19-,23-22-,26-25-,29-28-. The zero-order valence-corrected chi connectivity index (χ0v) is 44.9. The molecule has 0 bridgehead atoms. The topological polar surface area (TPSA) is 134 Å². The third-order valence-corrected chi connectivity index (χ3v) is 12.4. The van der Waals surface area contributed by atoms with E-state index in [0.29, 0.717) is 6.42 Å². The molecule has 0 aliphatic rings. The van der Waals surface area contributed by atoms with Gasteiger partial charge in [0.25, 0.3) is 0 Å². The van der Waals surface area contributed by atoms with Crippen LogP contribution in [-0.4, -0.2) is 49.3 Å². The molecule has 0 aromatic heterocycles. The van der Waals surface area contributed by atoms with E-state index in [9.17, 15) is 19.0 Å². The Labute approximate surface area is 423 Å². The Morgan fingerprint density at radius 2 is 0.797 bits per heavy atom.